The van der Waals surface area contributed by atoms with Gasteiger partial charge in [0.1, 0.15) is 18.0 Å². The quantitative estimate of drug-likeness (QED) is 0.227. The Bertz CT molecular complexity index is 1820. The average Bonchev–Trinajstić information content (AvgIpc) is 3.30. The van der Waals surface area contributed by atoms with E-state index in [2.05, 4.69) is 17.4 Å². The van der Waals surface area contributed by atoms with Gasteiger partial charge in [-0.25, -0.2) is 4.79 Å². The van der Waals surface area contributed by atoms with Crippen LogP contribution in [-0.4, -0.2) is 39.9 Å². The third kappa shape index (κ3) is 6.16. The van der Waals surface area contributed by atoms with Crippen LogP contribution in [0.1, 0.15) is 58.3 Å². The number of nitrogens with one attached hydrogen (secondary N) is 1. The predicted octanol–water partition coefficient (Wildman–Crippen LogP) is 6.75. The molecule has 0 aliphatic carbocycles. The number of aryl methyl sites for hydroxylation is 1. The van der Waals surface area contributed by atoms with Crippen LogP contribution in [0.25, 0.3) is 22.0 Å². The van der Waals surface area contributed by atoms with Crippen molar-refractivity contribution in [2.75, 3.05) is 6.61 Å². The molecule has 6 rings (SSSR count). The van der Waals surface area contributed by atoms with Crippen LogP contribution in [0.5, 0.6) is 5.75 Å². The molecule has 2 heterocycles. The lowest BCUT2D eigenvalue weighted by molar-refractivity contribution is 0.00703. The maximum Gasteiger partial charge on any atom is 0.339 e. The molecule has 0 fully saturated rings. The summed E-state index contributed by atoms with van der Waals surface area (Å²) in [6.45, 7) is 8.58. The van der Waals surface area contributed by atoms with E-state index in [9.17, 15) is 9.59 Å². The van der Waals surface area contributed by atoms with E-state index in [1.165, 1.54) is 0 Å². The second-order valence-electron chi connectivity index (χ2n) is 12.0. The lowest BCUT2D eigenvalue weighted by Crippen LogP contribution is -2.42. The number of hydrogen-bond acceptors (Lipinski definition) is 5. The highest BCUT2D eigenvalue weighted by Gasteiger charge is 2.23. The molecule has 0 saturated carbocycles. The van der Waals surface area contributed by atoms with Crippen molar-refractivity contribution in [1.29, 1.82) is 0 Å². The molecule has 1 aliphatic rings. The van der Waals surface area contributed by atoms with E-state index in [0.29, 0.717) is 24.3 Å². The Morgan fingerprint density at radius 3 is 2.51 bits per heavy atom. The van der Waals surface area contributed by atoms with Gasteiger partial charge >= 0.3 is 5.97 Å². The summed E-state index contributed by atoms with van der Waals surface area (Å²) in [4.78, 5) is 26.0. The molecule has 1 unspecified atom stereocenters. The maximum absolute atomic E-state index is 13.1. The van der Waals surface area contributed by atoms with Gasteiger partial charge < -0.3 is 14.8 Å². The summed E-state index contributed by atoms with van der Waals surface area (Å²) in [6, 6.07) is 29.2. The Morgan fingerprint density at radius 2 is 1.72 bits per heavy atom. The minimum atomic E-state index is -0.569. The highest BCUT2D eigenvalue weighted by atomic mass is 16.6. The third-order valence-electron chi connectivity index (χ3n) is 7.55. The summed E-state index contributed by atoms with van der Waals surface area (Å²) in [6.07, 6.45) is 0.743. The topological polar surface area (TPSA) is 82.5 Å². The van der Waals surface area contributed by atoms with Crippen LogP contribution in [0.15, 0.2) is 91.0 Å². The number of esters is 1. The summed E-state index contributed by atoms with van der Waals surface area (Å²) in [5.41, 5.74) is 6.34. The van der Waals surface area contributed by atoms with Gasteiger partial charge in [0.2, 0.25) is 0 Å². The first-order chi connectivity index (χ1) is 20.6. The zero-order valence-electron chi connectivity index (χ0n) is 24.9. The number of nitrogens with zero attached hydrogens (tertiary/aromatic N) is 2. The van der Waals surface area contributed by atoms with Gasteiger partial charge in [0.05, 0.1) is 29.4 Å². The average molecular weight is 574 g/mol. The Balaban J connectivity index is 1.17. The number of ether oxygens (including phenoxy) is 2. The molecule has 7 heteroatoms. The molecule has 7 nitrogen and oxygen atoms in total. The van der Waals surface area contributed by atoms with Crippen molar-refractivity contribution in [3.63, 3.8) is 0 Å². The number of carbonyl (C=O) groups excluding carboxylic acids is 2. The van der Waals surface area contributed by atoms with E-state index in [0.717, 1.165) is 51.0 Å². The van der Waals surface area contributed by atoms with Crippen molar-refractivity contribution in [3.8, 4) is 16.9 Å². The number of fused-ring (bicyclic) bond motifs is 2. The van der Waals surface area contributed by atoms with Crippen LogP contribution in [0, 0.1) is 6.92 Å². The molecule has 0 spiro atoms. The molecule has 5 aromatic rings. The SMILES string of the molecule is Cc1nn(Cc2ccc(-c3ccccc3C(=O)OC(C)(C)C)cc2)c2ccc(C(=O)NC3COc4ccccc4C3)cc12. The second-order valence-corrected chi connectivity index (χ2v) is 12.0. The Labute approximate surface area is 251 Å². The summed E-state index contributed by atoms with van der Waals surface area (Å²) in [5.74, 6) is 0.429. The lowest BCUT2D eigenvalue weighted by atomic mass is 9.98. The van der Waals surface area contributed by atoms with E-state index in [1.54, 1.807) is 6.07 Å². The molecular formula is C36H35N3O4. The molecule has 0 bridgehead atoms. The van der Waals surface area contributed by atoms with Crippen LogP contribution < -0.4 is 10.1 Å². The monoisotopic (exact) mass is 573 g/mol. The van der Waals surface area contributed by atoms with E-state index < -0.39 is 5.60 Å². The fourth-order valence-corrected chi connectivity index (χ4v) is 5.50. The van der Waals surface area contributed by atoms with E-state index in [4.69, 9.17) is 14.6 Å². The minimum Gasteiger partial charge on any atom is -0.491 e. The largest absolute Gasteiger partial charge is 0.491 e. The third-order valence-corrected chi connectivity index (χ3v) is 7.55. The number of amides is 1. The standard InChI is InChI=1S/C36H35N3O4/c1-23-31-20-27(34(40)37-28-19-26-9-5-8-12-33(26)42-22-28)17-18-32(31)39(38-23)21-24-13-15-25(16-14-24)29-10-6-7-11-30(29)35(41)43-36(2,3)4/h5-18,20,28H,19,21-22H2,1-4H3,(H,37,40). The maximum atomic E-state index is 13.1. The number of rotatable bonds is 6. The molecule has 218 valence electrons. The number of benzene rings is 4. The molecule has 1 atom stereocenters. The van der Waals surface area contributed by atoms with Gasteiger partial charge in [-0.05, 0) is 86.7 Å². The van der Waals surface area contributed by atoms with Crippen molar-refractivity contribution < 1.29 is 19.1 Å². The second kappa shape index (κ2) is 11.4. The molecule has 1 aromatic heterocycles. The van der Waals surface area contributed by atoms with Gasteiger partial charge in [0, 0.05) is 10.9 Å². The predicted molar refractivity (Wildman–Crippen MR) is 168 cm³/mol. The summed E-state index contributed by atoms with van der Waals surface area (Å²) >= 11 is 0. The van der Waals surface area contributed by atoms with Crippen LogP contribution in [0.4, 0.5) is 0 Å². The highest BCUT2D eigenvalue weighted by molar-refractivity contribution is 5.99. The molecule has 0 radical (unpaired) electrons. The Hall–Kier alpha value is -4.91. The smallest absolute Gasteiger partial charge is 0.339 e. The van der Waals surface area contributed by atoms with Crippen molar-refractivity contribution in [2.45, 2.75) is 52.3 Å². The first-order valence-electron chi connectivity index (χ1n) is 14.5. The first kappa shape index (κ1) is 28.2. The summed E-state index contributed by atoms with van der Waals surface area (Å²) in [5, 5.41) is 8.85. The van der Waals surface area contributed by atoms with Gasteiger partial charge in [0.15, 0.2) is 0 Å². The van der Waals surface area contributed by atoms with Crippen LogP contribution in [-0.2, 0) is 17.7 Å². The number of hydrogen-bond donors (Lipinski definition) is 1. The fraction of sp³-hybridized carbons (Fsp3) is 0.250. The van der Waals surface area contributed by atoms with Gasteiger partial charge in [0.25, 0.3) is 5.91 Å². The van der Waals surface area contributed by atoms with Gasteiger partial charge in [-0.3, -0.25) is 9.48 Å². The highest BCUT2D eigenvalue weighted by Crippen LogP contribution is 2.28. The van der Waals surface area contributed by atoms with Crippen molar-refractivity contribution in [3.05, 3.63) is 119 Å². The molecule has 1 amide bonds. The number of carbonyl (C=O) groups is 2. The molecular weight excluding hydrogens is 538 g/mol. The molecule has 1 aliphatic heterocycles. The van der Waals surface area contributed by atoms with E-state index in [-0.39, 0.29) is 17.9 Å². The zero-order chi connectivity index (χ0) is 30.1. The zero-order valence-corrected chi connectivity index (χ0v) is 24.9. The summed E-state index contributed by atoms with van der Waals surface area (Å²) < 4.78 is 13.4. The van der Waals surface area contributed by atoms with Crippen molar-refractivity contribution in [2.24, 2.45) is 0 Å². The van der Waals surface area contributed by atoms with Gasteiger partial charge in [-0.15, -0.1) is 0 Å². The number of para-hydroxylation sites is 1. The van der Waals surface area contributed by atoms with Crippen molar-refractivity contribution in [1.82, 2.24) is 15.1 Å². The molecule has 4 aromatic carbocycles. The molecule has 43 heavy (non-hydrogen) atoms. The first-order valence-corrected chi connectivity index (χ1v) is 14.5. The van der Waals surface area contributed by atoms with Crippen LogP contribution in [0.2, 0.25) is 0 Å². The Morgan fingerprint density at radius 1 is 0.977 bits per heavy atom. The Kier molecular flexibility index (Phi) is 7.48. The summed E-state index contributed by atoms with van der Waals surface area (Å²) in [7, 11) is 0. The van der Waals surface area contributed by atoms with Gasteiger partial charge in [-0.1, -0.05) is 60.7 Å². The minimum absolute atomic E-state index is 0.0824. The number of aromatic nitrogens is 2. The van der Waals surface area contributed by atoms with E-state index >= 15 is 0 Å². The normalized spacial score (nSPS) is 14.6. The molecule has 1 N–H and O–H groups in total. The fourth-order valence-electron chi connectivity index (χ4n) is 5.50. The molecule has 0 saturated heterocycles. The van der Waals surface area contributed by atoms with Crippen LogP contribution in [0.3, 0.4) is 0 Å². The van der Waals surface area contributed by atoms with Crippen molar-refractivity contribution >= 4 is 22.8 Å². The lowest BCUT2D eigenvalue weighted by Gasteiger charge is -2.26. The van der Waals surface area contributed by atoms with E-state index in [1.807, 2.05) is 105 Å². The van der Waals surface area contributed by atoms with Gasteiger partial charge in [-0.2, -0.15) is 5.10 Å². The van der Waals surface area contributed by atoms with Crippen LogP contribution >= 0.6 is 0 Å².